The first-order chi connectivity index (χ1) is 13.4. The summed E-state index contributed by atoms with van der Waals surface area (Å²) in [5.74, 6) is 2.05. The van der Waals surface area contributed by atoms with Crippen molar-refractivity contribution in [3.8, 4) is 0 Å². The molecular formula is C21H28ClN5O. The van der Waals surface area contributed by atoms with E-state index in [1.807, 2.05) is 44.1 Å². The topological polar surface area (TPSA) is 70.2 Å². The Morgan fingerprint density at radius 3 is 2.57 bits per heavy atom. The highest BCUT2D eigenvalue weighted by Gasteiger charge is 2.23. The number of aryl methyl sites for hydroxylation is 1. The number of carbonyl (C=O) groups is 1. The van der Waals surface area contributed by atoms with Crippen molar-refractivity contribution >= 4 is 29.3 Å². The zero-order valence-corrected chi connectivity index (χ0v) is 17.5. The van der Waals surface area contributed by atoms with Crippen LogP contribution in [0.2, 0.25) is 5.02 Å². The Bertz CT molecular complexity index is 818. The summed E-state index contributed by atoms with van der Waals surface area (Å²) in [4.78, 5) is 23.4. The average Bonchev–Trinajstić information content (AvgIpc) is 2.67. The number of carbonyl (C=O) groups excluding carboxylic acids is 1. The third-order valence-corrected chi connectivity index (χ3v) is 5.48. The number of benzene rings is 1. The van der Waals surface area contributed by atoms with Crippen LogP contribution in [0.5, 0.6) is 0 Å². The summed E-state index contributed by atoms with van der Waals surface area (Å²) < 4.78 is 0. The van der Waals surface area contributed by atoms with Crippen molar-refractivity contribution < 1.29 is 4.79 Å². The van der Waals surface area contributed by atoms with Gasteiger partial charge in [0, 0.05) is 38.4 Å². The van der Waals surface area contributed by atoms with E-state index in [0.29, 0.717) is 22.5 Å². The molecule has 3 rings (SSSR count). The van der Waals surface area contributed by atoms with Crippen molar-refractivity contribution in [2.45, 2.75) is 38.6 Å². The molecule has 150 valence electrons. The molecule has 0 unspecified atom stereocenters. The molecule has 1 aromatic heterocycles. The number of anilines is 2. The van der Waals surface area contributed by atoms with Gasteiger partial charge in [-0.05, 0) is 50.7 Å². The number of aromatic nitrogens is 2. The van der Waals surface area contributed by atoms with Gasteiger partial charge in [0.05, 0.1) is 10.6 Å². The number of nitrogens with one attached hydrogen (secondary N) is 2. The first kappa shape index (κ1) is 20.4. The summed E-state index contributed by atoms with van der Waals surface area (Å²) >= 11 is 6.12. The van der Waals surface area contributed by atoms with Crippen LogP contribution in [0.25, 0.3) is 0 Å². The molecule has 7 heteroatoms. The Morgan fingerprint density at radius 2 is 1.89 bits per heavy atom. The van der Waals surface area contributed by atoms with Crippen LogP contribution in [0.3, 0.4) is 0 Å². The van der Waals surface area contributed by atoms with Crippen LogP contribution in [0, 0.1) is 12.8 Å². The van der Waals surface area contributed by atoms with Gasteiger partial charge in [0.2, 0.25) is 5.95 Å². The maximum Gasteiger partial charge on any atom is 0.253 e. The molecule has 1 heterocycles. The maximum absolute atomic E-state index is 12.4. The molecule has 2 N–H and O–H groups in total. The molecule has 1 aliphatic rings. The van der Waals surface area contributed by atoms with Crippen molar-refractivity contribution in [2.24, 2.45) is 5.92 Å². The monoisotopic (exact) mass is 401 g/mol. The van der Waals surface area contributed by atoms with Gasteiger partial charge in [-0.2, -0.15) is 4.98 Å². The number of halogens is 1. The highest BCUT2D eigenvalue weighted by Crippen LogP contribution is 2.25. The lowest BCUT2D eigenvalue weighted by Gasteiger charge is -2.29. The second-order valence-corrected chi connectivity index (χ2v) is 8.04. The van der Waals surface area contributed by atoms with Gasteiger partial charge in [-0.1, -0.05) is 23.7 Å². The van der Waals surface area contributed by atoms with Gasteiger partial charge in [0.15, 0.2) is 0 Å². The molecule has 28 heavy (non-hydrogen) atoms. The summed E-state index contributed by atoms with van der Waals surface area (Å²) in [6.07, 6.45) is 4.07. The molecular weight excluding hydrogens is 374 g/mol. The Labute approximate surface area is 171 Å². The minimum atomic E-state index is -0.0865. The van der Waals surface area contributed by atoms with Crippen LogP contribution >= 0.6 is 11.6 Å². The smallest absolute Gasteiger partial charge is 0.253 e. The van der Waals surface area contributed by atoms with Crippen LogP contribution in [-0.4, -0.2) is 42.6 Å². The van der Waals surface area contributed by atoms with E-state index in [1.54, 1.807) is 12.1 Å². The molecule has 1 saturated carbocycles. The third kappa shape index (κ3) is 5.35. The average molecular weight is 402 g/mol. The van der Waals surface area contributed by atoms with Crippen LogP contribution in [0.4, 0.5) is 11.8 Å². The van der Waals surface area contributed by atoms with Gasteiger partial charge < -0.3 is 15.5 Å². The Balaban J connectivity index is 1.47. The molecule has 1 aliphatic carbocycles. The van der Waals surface area contributed by atoms with Crippen LogP contribution in [0.1, 0.15) is 41.7 Å². The number of hydrogen-bond acceptors (Lipinski definition) is 5. The van der Waals surface area contributed by atoms with Crippen LogP contribution in [0.15, 0.2) is 30.3 Å². The lowest BCUT2D eigenvalue weighted by Crippen LogP contribution is -2.38. The fraction of sp³-hybridized carbons (Fsp3) is 0.476. The summed E-state index contributed by atoms with van der Waals surface area (Å²) in [6.45, 7) is 2.83. The molecule has 0 atom stereocenters. The maximum atomic E-state index is 12.4. The van der Waals surface area contributed by atoms with Crippen molar-refractivity contribution in [3.05, 3.63) is 46.6 Å². The second kappa shape index (κ2) is 9.24. The summed E-state index contributed by atoms with van der Waals surface area (Å²) in [5.41, 5.74) is 1.49. The number of amides is 1. The van der Waals surface area contributed by atoms with Crippen LogP contribution < -0.4 is 15.5 Å². The summed E-state index contributed by atoms with van der Waals surface area (Å²) in [5, 5.41) is 7.00. The van der Waals surface area contributed by atoms with Crippen molar-refractivity contribution in [2.75, 3.05) is 30.9 Å². The summed E-state index contributed by atoms with van der Waals surface area (Å²) in [6, 6.07) is 9.34. The van der Waals surface area contributed by atoms with E-state index < -0.39 is 0 Å². The number of nitrogens with zero attached hydrogens (tertiary/aromatic N) is 3. The minimum absolute atomic E-state index is 0.0865. The van der Waals surface area contributed by atoms with E-state index in [1.165, 1.54) is 0 Å². The minimum Gasteiger partial charge on any atom is -0.363 e. The molecule has 2 aromatic rings. The number of hydrogen-bond donors (Lipinski definition) is 2. The van der Waals surface area contributed by atoms with Crippen molar-refractivity contribution in [1.82, 2.24) is 15.3 Å². The van der Waals surface area contributed by atoms with Crippen LogP contribution in [-0.2, 0) is 0 Å². The molecule has 0 radical (unpaired) electrons. The third-order valence-electron chi connectivity index (χ3n) is 5.15. The molecule has 0 saturated heterocycles. The van der Waals surface area contributed by atoms with Crippen molar-refractivity contribution in [3.63, 3.8) is 0 Å². The van der Waals surface area contributed by atoms with Gasteiger partial charge in [-0.3, -0.25) is 4.79 Å². The fourth-order valence-corrected chi connectivity index (χ4v) is 3.74. The Hall–Kier alpha value is -2.34. The Kier molecular flexibility index (Phi) is 6.73. The van der Waals surface area contributed by atoms with E-state index in [4.69, 9.17) is 11.6 Å². The SMILES string of the molecule is Cc1cc(N(C)C)nc(NCC2CCC(NC(=O)c3ccccc3Cl)CC2)n1. The highest BCUT2D eigenvalue weighted by atomic mass is 35.5. The van der Waals surface area contributed by atoms with Gasteiger partial charge >= 0.3 is 0 Å². The van der Waals surface area contributed by atoms with Gasteiger partial charge in [0.1, 0.15) is 5.82 Å². The van der Waals surface area contributed by atoms with E-state index in [-0.39, 0.29) is 11.9 Å². The number of rotatable bonds is 6. The lowest BCUT2D eigenvalue weighted by molar-refractivity contribution is 0.0923. The zero-order chi connectivity index (χ0) is 20.1. The lowest BCUT2D eigenvalue weighted by atomic mass is 9.86. The molecule has 1 fully saturated rings. The molecule has 0 spiro atoms. The predicted octanol–water partition coefficient (Wildman–Crippen LogP) is 3.91. The molecule has 0 aliphatic heterocycles. The largest absolute Gasteiger partial charge is 0.363 e. The van der Waals surface area contributed by atoms with E-state index >= 15 is 0 Å². The van der Waals surface area contributed by atoms with E-state index in [2.05, 4.69) is 20.6 Å². The standard InChI is InChI=1S/C21H28ClN5O/c1-14-12-19(27(2)3)26-21(24-14)23-13-15-8-10-16(11-9-15)25-20(28)17-6-4-5-7-18(17)22/h4-7,12,15-16H,8-11,13H2,1-3H3,(H,25,28)(H,23,24,26). The van der Waals surface area contributed by atoms with Crippen molar-refractivity contribution in [1.29, 1.82) is 0 Å². The molecule has 0 bridgehead atoms. The quantitative estimate of drug-likeness (QED) is 0.768. The molecule has 6 nitrogen and oxygen atoms in total. The molecule has 1 amide bonds. The normalized spacial score (nSPS) is 19.1. The first-order valence-electron chi connectivity index (χ1n) is 9.74. The zero-order valence-electron chi connectivity index (χ0n) is 16.7. The van der Waals surface area contributed by atoms with Gasteiger partial charge in [-0.15, -0.1) is 0 Å². The van der Waals surface area contributed by atoms with E-state index in [0.717, 1.165) is 43.7 Å². The fourth-order valence-electron chi connectivity index (χ4n) is 3.52. The van der Waals surface area contributed by atoms with Gasteiger partial charge in [0.25, 0.3) is 5.91 Å². The molecule has 1 aromatic carbocycles. The predicted molar refractivity (Wildman–Crippen MR) is 114 cm³/mol. The Morgan fingerprint density at radius 1 is 1.18 bits per heavy atom. The highest BCUT2D eigenvalue weighted by molar-refractivity contribution is 6.33. The second-order valence-electron chi connectivity index (χ2n) is 7.64. The van der Waals surface area contributed by atoms with Gasteiger partial charge in [-0.25, -0.2) is 4.98 Å². The first-order valence-corrected chi connectivity index (χ1v) is 10.1. The summed E-state index contributed by atoms with van der Waals surface area (Å²) in [7, 11) is 3.95. The van der Waals surface area contributed by atoms with E-state index in [9.17, 15) is 4.79 Å².